The zero-order valence-corrected chi connectivity index (χ0v) is 14.4. The summed E-state index contributed by atoms with van der Waals surface area (Å²) in [7, 11) is 0. The summed E-state index contributed by atoms with van der Waals surface area (Å²) in [5, 5.41) is 0. The third-order valence-corrected chi connectivity index (χ3v) is 3.86. The summed E-state index contributed by atoms with van der Waals surface area (Å²) in [5.41, 5.74) is 1.14. The highest BCUT2D eigenvalue weighted by molar-refractivity contribution is 5.74. The van der Waals surface area contributed by atoms with E-state index in [0.29, 0.717) is 19.0 Å². The van der Waals surface area contributed by atoms with E-state index < -0.39 is 5.60 Å². The molecule has 2 heterocycles. The van der Waals surface area contributed by atoms with Crippen molar-refractivity contribution in [1.82, 2.24) is 14.9 Å². The Hall–Kier alpha value is -2.37. The Morgan fingerprint density at radius 1 is 1.29 bits per heavy atom. The molecule has 1 amide bonds. The van der Waals surface area contributed by atoms with Crippen LogP contribution in [0.25, 0.3) is 11.0 Å². The van der Waals surface area contributed by atoms with Gasteiger partial charge in [0, 0.05) is 6.54 Å². The van der Waals surface area contributed by atoms with Gasteiger partial charge in [0.2, 0.25) is 5.88 Å². The van der Waals surface area contributed by atoms with Crippen molar-refractivity contribution in [2.75, 3.05) is 13.2 Å². The van der Waals surface area contributed by atoms with Crippen molar-refractivity contribution in [3.05, 3.63) is 30.5 Å². The second-order valence-electron chi connectivity index (χ2n) is 6.98. The molecular formula is C18H23N3O3. The highest BCUT2D eigenvalue weighted by atomic mass is 16.6. The molecule has 1 aromatic heterocycles. The van der Waals surface area contributed by atoms with E-state index in [1.165, 1.54) is 0 Å². The van der Waals surface area contributed by atoms with Crippen LogP contribution in [0.4, 0.5) is 4.79 Å². The molecule has 0 saturated carbocycles. The Kier molecular flexibility index (Phi) is 4.55. The minimum absolute atomic E-state index is 0.00752. The van der Waals surface area contributed by atoms with E-state index in [9.17, 15) is 4.79 Å². The predicted molar refractivity (Wildman–Crippen MR) is 91.0 cm³/mol. The monoisotopic (exact) mass is 329 g/mol. The summed E-state index contributed by atoms with van der Waals surface area (Å²) in [4.78, 5) is 22.8. The lowest BCUT2D eigenvalue weighted by Crippen LogP contribution is -2.42. The van der Waals surface area contributed by atoms with Crippen molar-refractivity contribution in [2.24, 2.45) is 0 Å². The molecule has 0 N–H and O–H groups in total. The zero-order valence-electron chi connectivity index (χ0n) is 14.4. The second-order valence-corrected chi connectivity index (χ2v) is 6.98. The molecule has 0 aliphatic carbocycles. The molecule has 2 aromatic rings. The maximum Gasteiger partial charge on any atom is 0.410 e. The molecule has 128 valence electrons. The number of aromatic nitrogens is 2. The molecule has 1 atom stereocenters. The lowest BCUT2D eigenvalue weighted by atomic mass is 10.2. The van der Waals surface area contributed by atoms with Gasteiger partial charge in [-0.15, -0.1) is 0 Å². The van der Waals surface area contributed by atoms with Crippen LogP contribution >= 0.6 is 0 Å². The standard InChI is InChI=1S/C18H23N3O3/c1-18(2,3)24-17(22)21-10-6-7-13(21)12-23-16-11-19-14-8-4-5-9-15(14)20-16/h4-5,8-9,11,13H,6-7,10,12H2,1-3H3. The van der Waals surface area contributed by atoms with E-state index in [1.807, 2.05) is 45.0 Å². The van der Waals surface area contributed by atoms with Crippen LogP contribution in [0.15, 0.2) is 30.5 Å². The van der Waals surface area contributed by atoms with Crippen LogP contribution < -0.4 is 4.74 Å². The van der Waals surface area contributed by atoms with Crippen molar-refractivity contribution in [3.8, 4) is 5.88 Å². The number of carbonyl (C=O) groups is 1. The molecule has 3 rings (SSSR count). The first kappa shape index (κ1) is 16.5. The van der Waals surface area contributed by atoms with E-state index in [1.54, 1.807) is 11.1 Å². The average Bonchev–Trinajstić information content (AvgIpc) is 3.00. The van der Waals surface area contributed by atoms with Crippen LogP contribution in [-0.2, 0) is 4.74 Å². The fourth-order valence-corrected chi connectivity index (χ4v) is 2.76. The Labute approximate surface area is 141 Å². The summed E-state index contributed by atoms with van der Waals surface area (Å²) >= 11 is 0. The first-order valence-corrected chi connectivity index (χ1v) is 8.26. The lowest BCUT2D eigenvalue weighted by molar-refractivity contribution is 0.0186. The number of hydrogen-bond acceptors (Lipinski definition) is 5. The quantitative estimate of drug-likeness (QED) is 0.863. The van der Waals surface area contributed by atoms with Gasteiger partial charge >= 0.3 is 6.09 Å². The van der Waals surface area contributed by atoms with Gasteiger partial charge in [-0.2, -0.15) is 0 Å². The highest BCUT2D eigenvalue weighted by Gasteiger charge is 2.32. The largest absolute Gasteiger partial charge is 0.474 e. The third-order valence-electron chi connectivity index (χ3n) is 3.86. The van der Waals surface area contributed by atoms with Gasteiger partial charge in [-0.1, -0.05) is 12.1 Å². The topological polar surface area (TPSA) is 64.5 Å². The molecule has 1 aromatic carbocycles. The summed E-state index contributed by atoms with van der Waals surface area (Å²) in [6, 6.07) is 7.66. The van der Waals surface area contributed by atoms with Gasteiger partial charge in [-0.3, -0.25) is 0 Å². The molecule has 1 aliphatic heterocycles. The zero-order chi connectivity index (χ0) is 17.2. The first-order valence-electron chi connectivity index (χ1n) is 8.26. The van der Waals surface area contributed by atoms with E-state index in [2.05, 4.69) is 9.97 Å². The molecule has 1 saturated heterocycles. The molecule has 0 radical (unpaired) electrons. The van der Waals surface area contributed by atoms with Gasteiger partial charge in [0.05, 0.1) is 23.3 Å². The fourth-order valence-electron chi connectivity index (χ4n) is 2.76. The van der Waals surface area contributed by atoms with Gasteiger partial charge in [-0.05, 0) is 45.7 Å². The van der Waals surface area contributed by atoms with Crippen LogP contribution in [0.3, 0.4) is 0 Å². The molecule has 1 unspecified atom stereocenters. The van der Waals surface area contributed by atoms with Crippen LogP contribution in [0.5, 0.6) is 5.88 Å². The van der Waals surface area contributed by atoms with Crippen molar-refractivity contribution in [1.29, 1.82) is 0 Å². The smallest absolute Gasteiger partial charge is 0.410 e. The highest BCUT2D eigenvalue weighted by Crippen LogP contribution is 2.22. The summed E-state index contributed by atoms with van der Waals surface area (Å²) in [6.45, 7) is 6.71. The van der Waals surface area contributed by atoms with Crippen LogP contribution in [0, 0.1) is 0 Å². The summed E-state index contributed by atoms with van der Waals surface area (Å²) in [6.07, 6.45) is 3.20. The number of likely N-dealkylation sites (tertiary alicyclic amines) is 1. The Morgan fingerprint density at radius 2 is 2.04 bits per heavy atom. The number of ether oxygens (including phenoxy) is 2. The number of para-hydroxylation sites is 2. The van der Waals surface area contributed by atoms with E-state index >= 15 is 0 Å². The molecule has 24 heavy (non-hydrogen) atoms. The number of carbonyl (C=O) groups excluding carboxylic acids is 1. The van der Waals surface area contributed by atoms with Crippen LogP contribution in [0.1, 0.15) is 33.6 Å². The lowest BCUT2D eigenvalue weighted by Gasteiger charge is -2.28. The van der Waals surface area contributed by atoms with Crippen LogP contribution in [0.2, 0.25) is 0 Å². The molecule has 6 nitrogen and oxygen atoms in total. The number of benzene rings is 1. The van der Waals surface area contributed by atoms with E-state index in [4.69, 9.17) is 9.47 Å². The molecule has 6 heteroatoms. The van der Waals surface area contributed by atoms with Gasteiger partial charge < -0.3 is 14.4 Å². The van der Waals surface area contributed by atoms with Crippen molar-refractivity contribution in [3.63, 3.8) is 0 Å². The summed E-state index contributed by atoms with van der Waals surface area (Å²) in [5.74, 6) is 0.477. The minimum Gasteiger partial charge on any atom is -0.474 e. The van der Waals surface area contributed by atoms with E-state index in [0.717, 1.165) is 23.9 Å². The molecule has 0 bridgehead atoms. The van der Waals surface area contributed by atoms with Gasteiger partial charge in [0.15, 0.2) is 0 Å². The molecular weight excluding hydrogens is 306 g/mol. The van der Waals surface area contributed by atoms with Crippen molar-refractivity contribution < 1.29 is 14.3 Å². The SMILES string of the molecule is CC(C)(C)OC(=O)N1CCCC1COc1cnc2ccccc2n1. The number of hydrogen-bond donors (Lipinski definition) is 0. The molecule has 1 aliphatic rings. The van der Waals surface area contributed by atoms with Gasteiger partial charge in [-0.25, -0.2) is 14.8 Å². The number of rotatable bonds is 3. The Balaban J connectivity index is 1.63. The summed E-state index contributed by atoms with van der Waals surface area (Å²) < 4.78 is 11.3. The molecule has 0 spiro atoms. The van der Waals surface area contributed by atoms with Gasteiger partial charge in [0.1, 0.15) is 12.2 Å². The minimum atomic E-state index is -0.491. The number of nitrogens with zero attached hydrogens (tertiary/aromatic N) is 3. The molecule has 1 fully saturated rings. The fraction of sp³-hybridized carbons (Fsp3) is 0.500. The number of amides is 1. The number of fused-ring (bicyclic) bond motifs is 1. The van der Waals surface area contributed by atoms with Crippen LogP contribution in [-0.4, -0.2) is 45.8 Å². The second kappa shape index (κ2) is 6.63. The maximum absolute atomic E-state index is 12.3. The predicted octanol–water partition coefficient (Wildman–Crippen LogP) is 3.41. The first-order chi connectivity index (χ1) is 11.4. The Bertz CT molecular complexity index is 727. The van der Waals surface area contributed by atoms with E-state index in [-0.39, 0.29) is 12.1 Å². The third kappa shape index (κ3) is 3.93. The normalized spacial score (nSPS) is 18.0. The maximum atomic E-state index is 12.3. The average molecular weight is 329 g/mol. The van der Waals surface area contributed by atoms with Crippen molar-refractivity contribution >= 4 is 17.1 Å². The van der Waals surface area contributed by atoms with Gasteiger partial charge in [0.25, 0.3) is 0 Å². The van der Waals surface area contributed by atoms with Crippen molar-refractivity contribution in [2.45, 2.75) is 45.3 Å². The Morgan fingerprint density at radius 3 is 2.79 bits per heavy atom.